The molecule has 6 heteroatoms. The van der Waals surface area contributed by atoms with Crippen LogP contribution in [0.3, 0.4) is 0 Å². The van der Waals surface area contributed by atoms with E-state index in [9.17, 15) is 9.59 Å². The number of amides is 2. The van der Waals surface area contributed by atoms with Gasteiger partial charge in [0.2, 0.25) is 0 Å². The van der Waals surface area contributed by atoms with Gasteiger partial charge in [-0.15, -0.1) is 0 Å². The zero-order valence-corrected chi connectivity index (χ0v) is 16.4. The summed E-state index contributed by atoms with van der Waals surface area (Å²) < 4.78 is 0.905. The van der Waals surface area contributed by atoms with E-state index in [0.29, 0.717) is 17.7 Å². The van der Waals surface area contributed by atoms with Gasteiger partial charge in [0, 0.05) is 45.6 Å². The number of H-pyrrole nitrogens is 1. The molecule has 0 spiro atoms. The molecule has 0 fully saturated rings. The van der Waals surface area contributed by atoms with E-state index in [-0.39, 0.29) is 11.8 Å². The van der Waals surface area contributed by atoms with Gasteiger partial charge in [-0.1, -0.05) is 46.3 Å². The van der Waals surface area contributed by atoms with Crippen molar-refractivity contribution in [3.63, 3.8) is 0 Å². The van der Waals surface area contributed by atoms with Crippen LogP contribution >= 0.6 is 15.9 Å². The van der Waals surface area contributed by atoms with Crippen LogP contribution in [0.15, 0.2) is 53.0 Å². The number of rotatable bonds is 2. The minimum absolute atomic E-state index is 0.0833. The van der Waals surface area contributed by atoms with Crippen LogP contribution in [0.25, 0.3) is 22.8 Å². The van der Waals surface area contributed by atoms with Gasteiger partial charge in [0.1, 0.15) is 0 Å². The lowest BCUT2D eigenvalue weighted by Gasteiger charge is -2.13. The second-order valence-corrected chi connectivity index (χ2v) is 7.76. The van der Waals surface area contributed by atoms with Crippen molar-refractivity contribution in [1.29, 1.82) is 0 Å². The Morgan fingerprint density at radius 3 is 2.61 bits per heavy atom. The van der Waals surface area contributed by atoms with Crippen molar-refractivity contribution < 1.29 is 9.59 Å². The number of carbonyl (C=O) groups excluding carboxylic acids is 2. The number of halogens is 1. The summed E-state index contributed by atoms with van der Waals surface area (Å²) in [6.45, 7) is 0.604. The second-order valence-electron chi connectivity index (χ2n) is 6.84. The summed E-state index contributed by atoms with van der Waals surface area (Å²) in [5.74, 6) is -0.232. The largest absolute Gasteiger partial charge is 0.358 e. The normalized spacial score (nSPS) is 16.5. The van der Waals surface area contributed by atoms with Gasteiger partial charge in [-0.2, -0.15) is 0 Å². The molecule has 28 heavy (non-hydrogen) atoms. The molecule has 2 aliphatic rings. The Hall–Kier alpha value is -3.12. The molecule has 0 bridgehead atoms. The van der Waals surface area contributed by atoms with Crippen LogP contribution < -0.4 is 10.6 Å². The van der Waals surface area contributed by atoms with Crippen molar-refractivity contribution in [2.24, 2.45) is 0 Å². The third kappa shape index (κ3) is 2.68. The zero-order valence-electron chi connectivity index (χ0n) is 14.8. The van der Waals surface area contributed by atoms with Crippen LogP contribution in [0, 0.1) is 0 Å². The van der Waals surface area contributed by atoms with Gasteiger partial charge in [0.15, 0.2) is 0 Å². The molecule has 2 amide bonds. The molecule has 0 atom stereocenters. The van der Waals surface area contributed by atoms with Gasteiger partial charge in [0.25, 0.3) is 11.8 Å². The summed E-state index contributed by atoms with van der Waals surface area (Å²) in [6, 6.07) is 15.5. The molecule has 0 saturated carbocycles. The van der Waals surface area contributed by atoms with Gasteiger partial charge in [-0.3, -0.25) is 9.59 Å². The molecule has 3 aromatic rings. The first-order valence-electron chi connectivity index (χ1n) is 9.03. The molecule has 2 aliphatic heterocycles. The lowest BCUT2D eigenvalue weighted by Crippen LogP contribution is -2.31. The number of aromatic nitrogens is 1. The highest BCUT2D eigenvalue weighted by molar-refractivity contribution is 9.10. The summed E-state index contributed by atoms with van der Waals surface area (Å²) in [6.07, 6.45) is 2.58. The molecular formula is C22H16BrN3O2. The minimum Gasteiger partial charge on any atom is -0.358 e. The summed E-state index contributed by atoms with van der Waals surface area (Å²) in [7, 11) is 0. The summed E-state index contributed by atoms with van der Waals surface area (Å²) >= 11 is 3.48. The molecule has 5 rings (SSSR count). The average Bonchev–Trinajstić information content (AvgIpc) is 3.21. The number of hydrogen-bond acceptors (Lipinski definition) is 2. The minimum atomic E-state index is -0.149. The molecule has 2 aromatic carbocycles. The number of hydrogen-bond donors (Lipinski definition) is 3. The van der Waals surface area contributed by atoms with Gasteiger partial charge in [-0.25, -0.2) is 0 Å². The third-order valence-electron chi connectivity index (χ3n) is 5.11. The molecule has 0 aliphatic carbocycles. The lowest BCUT2D eigenvalue weighted by molar-refractivity contribution is -0.110. The van der Waals surface area contributed by atoms with Crippen molar-refractivity contribution in [1.82, 2.24) is 10.3 Å². The highest BCUT2D eigenvalue weighted by atomic mass is 79.9. The number of benzene rings is 2. The number of anilines is 1. The maximum Gasteiger partial charge on any atom is 0.256 e. The Morgan fingerprint density at radius 2 is 1.79 bits per heavy atom. The van der Waals surface area contributed by atoms with Gasteiger partial charge >= 0.3 is 0 Å². The van der Waals surface area contributed by atoms with E-state index >= 15 is 0 Å². The first kappa shape index (κ1) is 17.0. The summed E-state index contributed by atoms with van der Waals surface area (Å²) in [5.41, 5.74) is 6.32. The second kappa shape index (κ2) is 6.49. The predicted octanol–water partition coefficient (Wildman–Crippen LogP) is 4.22. The van der Waals surface area contributed by atoms with Crippen LogP contribution in [-0.2, 0) is 11.2 Å². The predicted molar refractivity (Wildman–Crippen MR) is 113 cm³/mol. The first-order valence-corrected chi connectivity index (χ1v) is 9.82. The van der Waals surface area contributed by atoms with E-state index in [1.807, 2.05) is 54.6 Å². The van der Waals surface area contributed by atoms with Crippen molar-refractivity contribution in [3.05, 3.63) is 75.5 Å². The maximum absolute atomic E-state index is 12.6. The Balaban J connectivity index is 1.74. The van der Waals surface area contributed by atoms with Crippen LogP contribution in [0.2, 0.25) is 0 Å². The molecule has 3 heterocycles. The van der Waals surface area contributed by atoms with Crippen molar-refractivity contribution in [2.75, 3.05) is 11.9 Å². The van der Waals surface area contributed by atoms with E-state index < -0.39 is 0 Å². The van der Waals surface area contributed by atoms with Crippen LogP contribution in [0.4, 0.5) is 5.69 Å². The van der Waals surface area contributed by atoms with Gasteiger partial charge in [-0.05, 0) is 29.8 Å². The zero-order chi connectivity index (χ0) is 19.3. The fourth-order valence-electron chi connectivity index (χ4n) is 3.86. The number of carbonyl (C=O) groups is 2. The Morgan fingerprint density at radius 1 is 0.964 bits per heavy atom. The quantitative estimate of drug-likeness (QED) is 0.529. The Labute approximate surface area is 170 Å². The topological polar surface area (TPSA) is 74.0 Å². The molecule has 0 saturated heterocycles. The van der Waals surface area contributed by atoms with E-state index in [0.717, 1.165) is 44.7 Å². The van der Waals surface area contributed by atoms with E-state index in [1.165, 1.54) is 0 Å². The van der Waals surface area contributed by atoms with Crippen molar-refractivity contribution >= 4 is 45.1 Å². The molecule has 5 nitrogen and oxygen atoms in total. The summed E-state index contributed by atoms with van der Waals surface area (Å²) in [5, 5.41) is 5.83. The SMILES string of the molecule is O=C1Nc2ccc(Br)cc2C1=Cc1[nH]c2c(c1-c1ccccc1)C(=O)NCC2. The fourth-order valence-corrected chi connectivity index (χ4v) is 4.22. The van der Waals surface area contributed by atoms with Gasteiger partial charge in [0.05, 0.1) is 11.1 Å². The smallest absolute Gasteiger partial charge is 0.256 e. The maximum atomic E-state index is 12.6. The van der Waals surface area contributed by atoms with Crippen molar-refractivity contribution in [3.8, 4) is 11.1 Å². The van der Waals surface area contributed by atoms with Crippen LogP contribution in [-0.4, -0.2) is 23.3 Å². The summed E-state index contributed by atoms with van der Waals surface area (Å²) in [4.78, 5) is 28.6. The molecule has 138 valence electrons. The van der Waals surface area contributed by atoms with Crippen LogP contribution in [0.1, 0.15) is 27.3 Å². The van der Waals surface area contributed by atoms with Crippen LogP contribution in [0.5, 0.6) is 0 Å². The van der Waals surface area contributed by atoms with E-state index in [4.69, 9.17) is 0 Å². The Bertz CT molecular complexity index is 1160. The van der Waals surface area contributed by atoms with Crippen molar-refractivity contribution in [2.45, 2.75) is 6.42 Å². The standard InChI is InChI=1S/C22H16BrN3O2/c23-13-6-7-16-14(10-13)15(21(27)26-16)11-18-19(12-4-2-1-3-5-12)20-17(25-18)8-9-24-22(20)28/h1-7,10-11,25H,8-9H2,(H,24,28)(H,26,27). The molecular weight excluding hydrogens is 418 g/mol. The molecule has 1 aromatic heterocycles. The lowest BCUT2D eigenvalue weighted by atomic mass is 9.96. The molecule has 0 unspecified atom stereocenters. The molecule has 0 radical (unpaired) electrons. The fraction of sp³-hybridized carbons (Fsp3) is 0.0909. The first-order chi connectivity index (χ1) is 13.6. The van der Waals surface area contributed by atoms with E-state index in [2.05, 4.69) is 31.5 Å². The van der Waals surface area contributed by atoms with Gasteiger partial charge < -0.3 is 15.6 Å². The average molecular weight is 434 g/mol. The third-order valence-corrected chi connectivity index (χ3v) is 5.60. The number of fused-ring (bicyclic) bond motifs is 2. The highest BCUT2D eigenvalue weighted by Gasteiger charge is 2.29. The number of aromatic amines is 1. The monoisotopic (exact) mass is 433 g/mol. The Kier molecular flexibility index (Phi) is 3.94. The molecule has 3 N–H and O–H groups in total. The number of nitrogens with one attached hydrogen (secondary N) is 3. The van der Waals surface area contributed by atoms with E-state index in [1.54, 1.807) is 0 Å². The highest BCUT2D eigenvalue weighted by Crippen LogP contribution is 2.38.